The van der Waals surface area contributed by atoms with Crippen molar-refractivity contribution in [3.63, 3.8) is 0 Å². The first-order chi connectivity index (χ1) is 24.5. The van der Waals surface area contributed by atoms with Gasteiger partial charge in [-0.25, -0.2) is 0 Å². The maximum Gasteiger partial charge on any atom is 0.224 e. The fourth-order valence-corrected chi connectivity index (χ4v) is 8.74. The van der Waals surface area contributed by atoms with Crippen molar-refractivity contribution in [2.75, 3.05) is 24.1 Å². The lowest BCUT2D eigenvalue weighted by Gasteiger charge is -2.41. The number of unbranched alkanes of at least 4 members (excludes halogenated alkanes) is 2. The number of aliphatic hydroxyl groups excluding tert-OH is 1. The van der Waals surface area contributed by atoms with Crippen LogP contribution >= 0.6 is 0 Å². The molecule has 2 aliphatic heterocycles. The summed E-state index contributed by atoms with van der Waals surface area (Å²) in [6, 6.07) is 24.0. The lowest BCUT2D eigenvalue weighted by Crippen LogP contribution is -2.42. The Labute approximate surface area is 303 Å². The highest BCUT2D eigenvalue weighted by atomic mass is 16.7. The Morgan fingerprint density at radius 1 is 0.863 bits per heavy atom. The van der Waals surface area contributed by atoms with Crippen LogP contribution in [0, 0.1) is 10.8 Å². The molecule has 2 heterocycles. The number of nitrogens with one attached hydrogen (secondary N) is 2. The first-order valence-electron chi connectivity index (χ1n) is 18.7. The van der Waals surface area contributed by atoms with Crippen LogP contribution in [0.25, 0.3) is 0 Å². The van der Waals surface area contributed by atoms with Gasteiger partial charge in [-0.1, -0.05) is 87.9 Å². The van der Waals surface area contributed by atoms with E-state index in [-0.39, 0.29) is 30.6 Å². The van der Waals surface area contributed by atoms with E-state index in [2.05, 4.69) is 48.4 Å². The van der Waals surface area contributed by atoms with Crippen LogP contribution in [0.3, 0.4) is 0 Å². The molecule has 2 amide bonds. The van der Waals surface area contributed by atoms with Crippen molar-refractivity contribution in [1.82, 2.24) is 10.2 Å². The van der Waals surface area contributed by atoms with E-state index in [1.165, 1.54) is 19.3 Å². The van der Waals surface area contributed by atoms with E-state index in [4.69, 9.17) is 15.2 Å². The SMILES string of the molecule is CC1(C)CC2CC(C)(CN2C[C@@H]2C[C@H](c3ccc(CO)cc3)O[C@H](c3ccc(CNC(=O)CCCCCC(=O)Nc4ccccc4N)cc3)O2)C1. The highest BCUT2D eigenvalue weighted by Crippen LogP contribution is 2.53. The molecule has 0 aromatic heterocycles. The monoisotopic (exact) mass is 696 g/mol. The van der Waals surface area contributed by atoms with Gasteiger partial charge in [0.25, 0.3) is 0 Å². The number of nitrogens with two attached hydrogens (primary N) is 1. The van der Waals surface area contributed by atoms with Crippen LogP contribution in [0.1, 0.15) is 113 Å². The molecule has 3 aromatic carbocycles. The third-order valence-corrected chi connectivity index (χ3v) is 10.9. The fraction of sp³-hybridized carbons (Fsp3) is 0.524. The van der Waals surface area contributed by atoms with Gasteiger partial charge in [-0.3, -0.25) is 14.5 Å². The van der Waals surface area contributed by atoms with Gasteiger partial charge in [0, 0.05) is 50.5 Å². The molecule has 9 nitrogen and oxygen atoms in total. The average molecular weight is 697 g/mol. The van der Waals surface area contributed by atoms with Crippen LogP contribution in [-0.2, 0) is 32.2 Å². The Balaban J connectivity index is 0.994. The number of ether oxygens (including phenoxy) is 2. The van der Waals surface area contributed by atoms with Crippen molar-refractivity contribution in [3.05, 3.63) is 95.1 Å². The molecule has 0 spiro atoms. The molecule has 51 heavy (non-hydrogen) atoms. The van der Waals surface area contributed by atoms with Gasteiger partial charge in [0.1, 0.15) is 0 Å². The Morgan fingerprint density at radius 2 is 1.55 bits per heavy atom. The standard InChI is InChI=1S/C42H56N4O5/c1-41(2)22-33-23-42(3,27-41)28-46(33)25-34-21-37(31-17-15-30(26-47)16-18-31)51-40(50-34)32-19-13-29(14-20-32)24-44-38(48)11-5-4-6-12-39(49)45-36-10-8-7-9-35(36)43/h7-10,13-20,33-34,37,40,47H,4-6,11-12,21-28,43H2,1-3H3,(H,44,48)(H,45,49)/t33?,34-,37+,40+,42?/m0/s1. The lowest BCUT2D eigenvalue weighted by molar-refractivity contribution is -0.253. The number of hydrogen-bond donors (Lipinski definition) is 4. The van der Waals surface area contributed by atoms with E-state index < -0.39 is 6.29 Å². The number of anilines is 2. The topological polar surface area (TPSA) is 126 Å². The minimum absolute atomic E-state index is 0.00101. The zero-order chi connectivity index (χ0) is 36.0. The smallest absolute Gasteiger partial charge is 0.224 e. The molecule has 6 rings (SSSR count). The number of rotatable bonds is 14. The molecule has 9 heteroatoms. The minimum atomic E-state index is -0.504. The molecule has 3 aromatic rings. The predicted molar refractivity (Wildman–Crippen MR) is 200 cm³/mol. The zero-order valence-electron chi connectivity index (χ0n) is 30.5. The quantitative estimate of drug-likeness (QED) is 0.102. The van der Waals surface area contributed by atoms with Gasteiger partial charge < -0.3 is 30.9 Å². The molecular weight excluding hydrogens is 640 g/mol. The molecule has 1 saturated carbocycles. The van der Waals surface area contributed by atoms with Crippen LogP contribution in [0.5, 0.6) is 0 Å². The summed E-state index contributed by atoms with van der Waals surface area (Å²) in [6.45, 7) is 9.76. The molecule has 2 bridgehead atoms. The average Bonchev–Trinajstić information content (AvgIpc) is 3.35. The molecule has 3 aliphatic rings. The number of para-hydroxylation sites is 2. The van der Waals surface area contributed by atoms with Gasteiger partial charge in [0.2, 0.25) is 11.8 Å². The number of hydrogen-bond acceptors (Lipinski definition) is 7. The number of fused-ring (bicyclic) bond motifs is 2. The number of carbonyl (C=O) groups is 2. The van der Waals surface area contributed by atoms with E-state index in [9.17, 15) is 14.7 Å². The molecule has 2 unspecified atom stereocenters. The number of aliphatic hydroxyl groups is 1. The molecule has 5 atom stereocenters. The molecule has 274 valence electrons. The second-order valence-electron chi connectivity index (χ2n) is 16.2. The summed E-state index contributed by atoms with van der Waals surface area (Å²) in [7, 11) is 0. The predicted octanol–water partition coefficient (Wildman–Crippen LogP) is 7.41. The summed E-state index contributed by atoms with van der Waals surface area (Å²) < 4.78 is 13.3. The van der Waals surface area contributed by atoms with Crippen molar-refractivity contribution in [3.8, 4) is 0 Å². The number of nitrogen functional groups attached to an aromatic ring is 1. The largest absolute Gasteiger partial charge is 0.397 e. The van der Waals surface area contributed by atoms with Crippen molar-refractivity contribution in [2.45, 2.75) is 116 Å². The lowest BCUT2D eigenvalue weighted by atomic mass is 9.65. The van der Waals surface area contributed by atoms with Crippen LogP contribution in [-0.4, -0.2) is 47.1 Å². The number of carbonyl (C=O) groups excluding carboxylic acids is 2. The summed E-state index contributed by atoms with van der Waals surface area (Å²) in [6.07, 6.45) is 6.98. The maximum atomic E-state index is 12.6. The third-order valence-electron chi connectivity index (χ3n) is 10.9. The van der Waals surface area contributed by atoms with Gasteiger partial charge in [0.15, 0.2) is 6.29 Å². The Bertz CT molecular complexity index is 1630. The fourth-order valence-electron chi connectivity index (χ4n) is 8.74. The van der Waals surface area contributed by atoms with E-state index in [1.54, 1.807) is 12.1 Å². The van der Waals surface area contributed by atoms with Crippen LogP contribution in [0.2, 0.25) is 0 Å². The van der Waals surface area contributed by atoms with Crippen LogP contribution < -0.4 is 16.4 Å². The number of amides is 2. The minimum Gasteiger partial charge on any atom is -0.397 e. The van der Waals surface area contributed by atoms with E-state index in [0.29, 0.717) is 54.1 Å². The Morgan fingerprint density at radius 3 is 2.27 bits per heavy atom. The zero-order valence-corrected chi connectivity index (χ0v) is 30.5. The number of benzene rings is 3. The van der Waals surface area contributed by atoms with Crippen molar-refractivity contribution < 1.29 is 24.2 Å². The van der Waals surface area contributed by atoms with Crippen molar-refractivity contribution in [2.24, 2.45) is 10.8 Å². The molecule has 3 fully saturated rings. The molecule has 5 N–H and O–H groups in total. The summed E-state index contributed by atoms with van der Waals surface area (Å²) in [4.78, 5) is 27.5. The maximum absolute atomic E-state index is 12.6. The van der Waals surface area contributed by atoms with Gasteiger partial charge in [-0.15, -0.1) is 0 Å². The van der Waals surface area contributed by atoms with Crippen LogP contribution in [0.4, 0.5) is 11.4 Å². The Hall–Kier alpha value is -3.76. The molecular formula is C42H56N4O5. The first kappa shape index (κ1) is 37.0. The highest BCUT2D eigenvalue weighted by Gasteiger charge is 2.50. The van der Waals surface area contributed by atoms with Gasteiger partial charge in [-0.2, -0.15) is 0 Å². The number of nitrogens with zero attached hydrogens (tertiary/aromatic N) is 1. The number of likely N-dealkylation sites (tertiary alicyclic amines) is 1. The summed E-state index contributed by atoms with van der Waals surface area (Å²) in [5.41, 5.74) is 11.7. The normalized spacial score (nSPS) is 25.7. The van der Waals surface area contributed by atoms with Crippen LogP contribution in [0.15, 0.2) is 72.8 Å². The Kier molecular flexibility index (Phi) is 11.8. The second kappa shape index (κ2) is 16.3. The van der Waals surface area contributed by atoms with Gasteiger partial charge in [-0.05, 0) is 71.8 Å². The van der Waals surface area contributed by atoms with E-state index in [1.807, 2.05) is 48.5 Å². The highest BCUT2D eigenvalue weighted by molar-refractivity contribution is 5.93. The van der Waals surface area contributed by atoms with Crippen molar-refractivity contribution >= 4 is 23.2 Å². The first-order valence-corrected chi connectivity index (χ1v) is 18.7. The van der Waals surface area contributed by atoms with E-state index >= 15 is 0 Å². The third kappa shape index (κ3) is 9.98. The summed E-state index contributed by atoms with van der Waals surface area (Å²) >= 11 is 0. The van der Waals surface area contributed by atoms with E-state index in [0.717, 1.165) is 54.6 Å². The molecule has 2 saturated heterocycles. The summed E-state index contributed by atoms with van der Waals surface area (Å²) in [5, 5.41) is 15.5. The second-order valence-corrected chi connectivity index (χ2v) is 16.2. The molecule has 1 aliphatic carbocycles. The summed E-state index contributed by atoms with van der Waals surface area (Å²) in [5.74, 6) is -0.0685. The van der Waals surface area contributed by atoms with Gasteiger partial charge in [0.05, 0.1) is 30.2 Å². The van der Waals surface area contributed by atoms with Gasteiger partial charge >= 0.3 is 0 Å². The molecule has 0 radical (unpaired) electrons. The van der Waals surface area contributed by atoms with Crippen molar-refractivity contribution in [1.29, 1.82) is 0 Å².